The number of ether oxygens (including phenoxy) is 1. The zero-order valence-electron chi connectivity index (χ0n) is 9.19. The third-order valence-corrected chi connectivity index (χ3v) is 3.57. The standard InChI is InChI=1S/C10H17N3O2/c1-3-13-9(14)12-8(11)10(13,2)7-4-5-15-6-7/h7H,3-6H2,1-2H3,(H2,11,12,14). The van der Waals surface area contributed by atoms with Crippen molar-refractivity contribution in [3.63, 3.8) is 0 Å². The Labute approximate surface area is 89.3 Å². The van der Waals surface area contributed by atoms with E-state index in [9.17, 15) is 4.79 Å². The van der Waals surface area contributed by atoms with Crippen LogP contribution in [0.5, 0.6) is 0 Å². The van der Waals surface area contributed by atoms with Gasteiger partial charge >= 0.3 is 6.03 Å². The van der Waals surface area contributed by atoms with Crippen molar-refractivity contribution in [2.24, 2.45) is 16.6 Å². The molecule has 1 fully saturated rings. The fraction of sp³-hybridized carbons (Fsp3) is 0.800. The van der Waals surface area contributed by atoms with Crippen LogP contribution in [0.4, 0.5) is 4.79 Å². The van der Waals surface area contributed by atoms with E-state index in [4.69, 9.17) is 10.5 Å². The van der Waals surface area contributed by atoms with E-state index in [1.54, 1.807) is 4.90 Å². The maximum absolute atomic E-state index is 11.6. The minimum absolute atomic E-state index is 0.218. The number of hydrogen-bond acceptors (Lipinski definition) is 3. The first-order chi connectivity index (χ1) is 7.10. The van der Waals surface area contributed by atoms with Crippen LogP contribution < -0.4 is 5.73 Å². The summed E-state index contributed by atoms with van der Waals surface area (Å²) >= 11 is 0. The van der Waals surface area contributed by atoms with Gasteiger partial charge < -0.3 is 15.4 Å². The number of rotatable bonds is 2. The van der Waals surface area contributed by atoms with Crippen LogP contribution >= 0.6 is 0 Å². The zero-order chi connectivity index (χ0) is 11.1. The van der Waals surface area contributed by atoms with Crippen molar-refractivity contribution >= 4 is 11.9 Å². The van der Waals surface area contributed by atoms with Gasteiger partial charge in [-0.05, 0) is 20.3 Å². The Bertz CT molecular complexity index is 310. The summed E-state index contributed by atoms with van der Waals surface area (Å²) in [5, 5.41) is 0. The van der Waals surface area contributed by atoms with Gasteiger partial charge in [0.25, 0.3) is 0 Å². The summed E-state index contributed by atoms with van der Waals surface area (Å²) in [4.78, 5) is 17.2. The van der Waals surface area contributed by atoms with Gasteiger partial charge in [-0.15, -0.1) is 0 Å². The summed E-state index contributed by atoms with van der Waals surface area (Å²) in [5.74, 6) is 0.706. The van der Waals surface area contributed by atoms with Gasteiger partial charge in [0.15, 0.2) is 0 Å². The Morgan fingerprint density at radius 1 is 1.73 bits per heavy atom. The largest absolute Gasteiger partial charge is 0.385 e. The molecule has 0 aromatic carbocycles. The number of nitrogens with zero attached hydrogens (tertiary/aromatic N) is 2. The summed E-state index contributed by atoms with van der Waals surface area (Å²) in [6.45, 7) is 5.98. The number of likely N-dealkylation sites (N-methyl/N-ethyl adjacent to an activating group) is 1. The van der Waals surface area contributed by atoms with Gasteiger partial charge in [-0.1, -0.05) is 0 Å². The SMILES string of the molecule is CCN1C(=O)N=C(N)C1(C)C1CCOC1. The van der Waals surface area contributed by atoms with Crippen molar-refractivity contribution in [1.82, 2.24) is 4.90 Å². The van der Waals surface area contributed by atoms with Crippen LogP contribution in [0, 0.1) is 5.92 Å². The molecular formula is C10H17N3O2. The van der Waals surface area contributed by atoms with Crippen molar-refractivity contribution in [1.29, 1.82) is 0 Å². The molecule has 0 aliphatic carbocycles. The van der Waals surface area contributed by atoms with Gasteiger partial charge in [-0.2, -0.15) is 4.99 Å². The van der Waals surface area contributed by atoms with Crippen molar-refractivity contribution in [2.45, 2.75) is 25.8 Å². The summed E-state index contributed by atoms with van der Waals surface area (Å²) in [6, 6.07) is -0.218. The first-order valence-corrected chi connectivity index (χ1v) is 5.34. The molecule has 84 valence electrons. The Morgan fingerprint density at radius 3 is 3.00 bits per heavy atom. The third-order valence-electron chi connectivity index (χ3n) is 3.57. The number of urea groups is 1. The highest BCUT2D eigenvalue weighted by atomic mass is 16.5. The second-order valence-corrected chi connectivity index (χ2v) is 4.23. The van der Waals surface area contributed by atoms with E-state index in [1.165, 1.54) is 0 Å². The molecule has 0 bridgehead atoms. The molecule has 2 aliphatic rings. The minimum atomic E-state index is -0.442. The number of hydrogen-bond donors (Lipinski definition) is 1. The average Bonchev–Trinajstić information content (AvgIpc) is 2.76. The fourth-order valence-corrected chi connectivity index (χ4v) is 2.48. The van der Waals surface area contributed by atoms with Crippen LogP contribution in [0.15, 0.2) is 4.99 Å². The second kappa shape index (κ2) is 3.48. The van der Waals surface area contributed by atoms with Gasteiger partial charge in [-0.25, -0.2) is 4.79 Å². The number of aliphatic imine (C=N–C) groups is 1. The highest BCUT2D eigenvalue weighted by molar-refractivity contribution is 6.05. The fourth-order valence-electron chi connectivity index (χ4n) is 2.48. The molecule has 0 aromatic rings. The molecule has 0 aromatic heterocycles. The molecule has 2 unspecified atom stereocenters. The molecule has 5 heteroatoms. The van der Waals surface area contributed by atoms with Crippen molar-refractivity contribution < 1.29 is 9.53 Å². The molecule has 2 heterocycles. The number of amides is 2. The molecule has 2 N–H and O–H groups in total. The Hall–Kier alpha value is -1.10. The van der Waals surface area contributed by atoms with Gasteiger partial charge in [0.05, 0.1) is 6.61 Å². The molecule has 5 nitrogen and oxygen atoms in total. The van der Waals surface area contributed by atoms with Crippen LogP contribution in [-0.2, 0) is 4.74 Å². The van der Waals surface area contributed by atoms with Crippen LogP contribution in [0.1, 0.15) is 20.3 Å². The van der Waals surface area contributed by atoms with Crippen LogP contribution in [0.3, 0.4) is 0 Å². The molecular weight excluding hydrogens is 194 g/mol. The molecule has 0 saturated carbocycles. The summed E-state index contributed by atoms with van der Waals surface area (Å²) in [7, 11) is 0. The predicted octanol–water partition coefficient (Wildman–Crippen LogP) is 0.594. The van der Waals surface area contributed by atoms with Crippen LogP contribution in [0.25, 0.3) is 0 Å². The monoisotopic (exact) mass is 211 g/mol. The first-order valence-electron chi connectivity index (χ1n) is 5.34. The van der Waals surface area contributed by atoms with Crippen molar-refractivity contribution in [2.75, 3.05) is 19.8 Å². The number of carbonyl (C=O) groups excluding carboxylic acids is 1. The molecule has 2 rings (SSSR count). The Morgan fingerprint density at radius 2 is 2.47 bits per heavy atom. The first kappa shape index (κ1) is 10.4. The van der Waals surface area contributed by atoms with Gasteiger partial charge in [-0.3, -0.25) is 0 Å². The van der Waals surface area contributed by atoms with E-state index >= 15 is 0 Å². The van der Waals surface area contributed by atoms with Gasteiger partial charge in [0, 0.05) is 19.1 Å². The lowest BCUT2D eigenvalue weighted by Crippen LogP contribution is -2.57. The Kier molecular flexibility index (Phi) is 2.42. The van der Waals surface area contributed by atoms with Crippen molar-refractivity contribution in [3.05, 3.63) is 0 Å². The molecule has 0 spiro atoms. The number of nitrogens with two attached hydrogens (primary N) is 1. The lowest BCUT2D eigenvalue weighted by atomic mass is 9.83. The lowest BCUT2D eigenvalue weighted by Gasteiger charge is -2.38. The molecule has 2 aliphatic heterocycles. The lowest BCUT2D eigenvalue weighted by molar-refractivity contribution is 0.124. The maximum Gasteiger partial charge on any atom is 0.346 e. The van der Waals surface area contributed by atoms with Gasteiger partial charge in [0.2, 0.25) is 0 Å². The van der Waals surface area contributed by atoms with E-state index in [1.807, 2.05) is 13.8 Å². The third kappa shape index (κ3) is 1.33. The van der Waals surface area contributed by atoms with E-state index in [2.05, 4.69) is 4.99 Å². The van der Waals surface area contributed by atoms with E-state index in [0.29, 0.717) is 19.0 Å². The topological polar surface area (TPSA) is 67.9 Å². The van der Waals surface area contributed by atoms with E-state index in [0.717, 1.165) is 13.0 Å². The molecule has 1 saturated heterocycles. The highest BCUT2D eigenvalue weighted by Gasteiger charge is 2.50. The van der Waals surface area contributed by atoms with Crippen molar-refractivity contribution in [3.8, 4) is 0 Å². The highest BCUT2D eigenvalue weighted by Crippen LogP contribution is 2.35. The minimum Gasteiger partial charge on any atom is -0.385 e. The number of amidine groups is 1. The zero-order valence-corrected chi connectivity index (χ0v) is 9.19. The smallest absolute Gasteiger partial charge is 0.346 e. The second-order valence-electron chi connectivity index (χ2n) is 4.23. The molecule has 2 atom stereocenters. The maximum atomic E-state index is 11.6. The molecule has 0 radical (unpaired) electrons. The van der Waals surface area contributed by atoms with Crippen LogP contribution in [0.2, 0.25) is 0 Å². The Balaban J connectivity index is 2.31. The molecule has 2 amide bonds. The summed E-state index contributed by atoms with van der Waals surface area (Å²) in [6.07, 6.45) is 0.941. The quantitative estimate of drug-likeness (QED) is 0.727. The van der Waals surface area contributed by atoms with Crippen LogP contribution in [-0.4, -0.2) is 42.1 Å². The predicted molar refractivity (Wildman–Crippen MR) is 56.7 cm³/mol. The van der Waals surface area contributed by atoms with Gasteiger partial charge in [0.1, 0.15) is 11.4 Å². The van der Waals surface area contributed by atoms with E-state index < -0.39 is 5.54 Å². The summed E-state index contributed by atoms with van der Waals surface area (Å²) in [5.41, 5.74) is 5.44. The summed E-state index contributed by atoms with van der Waals surface area (Å²) < 4.78 is 5.36. The van der Waals surface area contributed by atoms with E-state index in [-0.39, 0.29) is 11.9 Å². The normalized spacial score (nSPS) is 36.1. The molecule has 15 heavy (non-hydrogen) atoms. The number of carbonyl (C=O) groups is 1. The average molecular weight is 211 g/mol.